The molecule has 0 aliphatic carbocycles. The zero-order chi connectivity index (χ0) is 22.7. The maximum absolute atomic E-state index is 12.8. The minimum absolute atomic E-state index is 0.235. The summed E-state index contributed by atoms with van der Waals surface area (Å²) in [7, 11) is 6.24. The predicted octanol–water partition coefficient (Wildman–Crippen LogP) is 3.07. The van der Waals surface area contributed by atoms with Gasteiger partial charge in [-0.15, -0.1) is 5.10 Å². The second-order valence-corrected chi connectivity index (χ2v) is 7.59. The van der Waals surface area contributed by atoms with Gasteiger partial charge in [0.15, 0.2) is 17.3 Å². The van der Waals surface area contributed by atoms with Crippen molar-refractivity contribution in [3.8, 4) is 34.4 Å². The average Bonchev–Trinajstić information content (AvgIpc) is 3.37. The Balaban J connectivity index is 1.70. The van der Waals surface area contributed by atoms with Crippen LogP contribution in [0.3, 0.4) is 0 Å². The first-order chi connectivity index (χ1) is 15.6. The van der Waals surface area contributed by atoms with Gasteiger partial charge in [-0.3, -0.25) is 4.79 Å². The normalized spacial score (nSPS) is 11.9. The third-order valence-corrected chi connectivity index (χ3v) is 5.74. The zero-order valence-corrected chi connectivity index (χ0v) is 18.8. The number of hydrogen-bond acceptors (Lipinski definition) is 8. The number of methoxy groups -OCH3 is 4. The molecule has 164 valence electrons. The molecule has 0 atom stereocenters. The summed E-state index contributed by atoms with van der Waals surface area (Å²) in [6.07, 6.45) is 5.44. The Labute approximate surface area is 188 Å². The van der Waals surface area contributed by atoms with Gasteiger partial charge in [-0.1, -0.05) is 41.7 Å². The molecule has 0 N–H and O–H groups in total. The molecular weight excluding hydrogens is 430 g/mol. The largest absolute Gasteiger partial charge is 0.496 e. The molecule has 0 aliphatic heterocycles. The molecule has 0 unspecified atom stereocenters. The molecule has 0 spiro atoms. The van der Waals surface area contributed by atoms with Gasteiger partial charge in [0.25, 0.3) is 5.56 Å². The summed E-state index contributed by atoms with van der Waals surface area (Å²) in [5, 5.41) is 4.39. The molecule has 9 heteroatoms. The monoisotopic (exact) mass is 451 g/mol. The SMILES string of the molecule is COc1ccccc1/C=C/C=c1/sc2nc(-c3cc(OC)c(OC)c(OC)c3)nn2c1=O. The average molecular weight is 452 g/mol. The lowest BCUT2D eigenvalue weighted by molar-refractivity contribution is 0.324. The van der Waals surface area contributed by atoms with Gasteiger partial charge in [0.2, 0.25) is 10.7 Å². The lowest BCUT2D eigenvalue weighted by atomic mass is 10.1. The van der Waals surface area contributed by atoms with Crippen molar-refractivity contribution in [1.82, 2.24) is 14.6 Å². The molecule has 2 aromatic carbocycles. The van der Waals surface area contributed by atoms with E-state index in [0.29, 0.717) is 38.1 Å². The molecule has 32 heavy (non-hydrogen) atoms. The molecule has 4 rings (SSSR count). The van der Waals surface area contributed by atoms with E-state index in [0.717, 1.165) is 11.3 Å². The highest BCUT2D eigenvalue weighted by Gasteiger charge is 2.18. The van der Waals surface area contributed by atoms with Crippen molar-refractivity contribution in [2.24, 2.45) is 0 Å². The fraction of sp³-hybridized carbons (Fsp3) is 0.174. The summed E-state index contributed by atoms with van der Waals surface area (Å²) < 4.78 is 23.3. The van der Waals surface area contributed by atoms with E-state index in [9.17, 15) is 4.79 Å². The number of thiazole rings is 1. The summed E-state index contributed by atoms with van der Waals surface area (Å²) in [4.78, 5) is 17.8. The first-order valence-corrected chi connectivity index (χ1v) is 10.4. The Kier molecular flexibility index (Phi) is 6.09. The fourth-order valence-electron chi connectivity index (χ4n) is 3.22. The molecule has 0 aliphatic rings. The molecule has 0 fully saturated rings. The zero-order valence-electron chi connectivity index (χ0n) is 18.0. The van der Waals surface area contributed by atoms with Crippen LogP contribution in [0.25, 0.3) is 28.5 Å². The molecule has 8 nitrogen and oxygen atoms in total. The Morgan fingerprint density at radius 2 is 1.62 bits per heavy atom. The summed E-state index contributed by atoms with van der Waals surface area (Å²) in [5.74, 6) is 2.60. The number of rotatable bonds is 7. The van der Waals surface area contributed by atoms with Crippen molar-refractivity contribution >= 4 is 28.4 Å². The van der Waals surface area contributed by atoms with Gasteiger partial charge in [0, 0.05) is 11.1 Å². The maximum atomic E-state index is 12.8. The molecular formula is C23H21N3O5S. The standard InChI is InChI=1S/C23H21N3O5S/c1-28-16-10-6-5-8-14(16)9-7-11-19-22(27)26-23(32-19)24-21(25-26)15-12-17(29-2)20(31-4)18(13-15)30-3/h5-13H,1-4H3/b9-7+,19-11+. The number of aromatic nitrogens is 3. The summed E-state index contributed by atoms with van der Waals surface area (Å²) in [6, 6.07) is 11.1. The van der Waals surface area contributed by atoms with E-state index in [4.69, 9.17) is 18.9 Å². The minimum Gasteiger partial charge on any atom is -0.496 e. The van der Waals surface area contributed by atoms with Crippen molar-refractivity contribution in [3.63, 3.8) is 0 Å². The number of para-hydroxylation sites is 1. The number of allylic oxidation sites excluding steroid dienone is 1. The fourth-order valence-corrected chi connectivity index (χ4v) is 4.08. The van der Waals surface area contributed by atoms with E-state index in [1.807, 2.05) is 36.4 Å². The molecule has 0 amide bonds. The van der Waals surface area contributed by atoms with E-state index in [2.05, 4.69) is 10.1 Å². The Morgan fingerprint density at radius 1 is 0.938 bits per heavy atom. The summed E-state index contributed by atoms with van der Waals surface area (Å²) in [6.45, 7) is 0. The number of hydrogen-bond donors (Lipinski definition) is 0. The molecule has 2 heterocycles. The predicted molar refractivity (Wildman–Crippen MR) is 124 cm³/mol. The Hall–Kier alpha value is -3.85. The third kappa shape index (κ3) is 3.90. The van der Waals surface area contributed by atoms with Crippen LogP contribution in [0.2, 0.25) is 0 Å². The van der Waals surface area contributed by atoms with Gasteiger partial charge in [-0.25, -0.2) is 0 Å². The van der Waals surface area contributed by atoms with Gasteiger partial charge in [0.1, 0.15) is 5.75 Å². The maximum Gasteiger partial charge on any atom is 0.291 e. The topological polar surface area (TPSA) is 84.2 Å². The van der Waals surface area contributed by atoms with Crippen LogP contribution in [0, 0.1) is 0 Å². The first kappa shape index (κ1) is 21.4. The summed E-state index contributed by atoms with van der Waals surface area (Å²) >= 11 is 1.26. The van der Waals surface area contributed by atoms with Crippen LogP contribution >= 0.6 is 11.3 Å². The van der Waals surface area contributed by atoms with Crippen LogP contribution in [0.4, 0.5) is 0 Å². The van der Waals surface area contributed by atoms with E-state index in [1.165, 1.54) is 37.2 Å². The minimum atomic E-state index is -0.235. The highest BCUT2D eigenvalue weighted by molar-refractivity contribution is 7.15. The van der Waals surface area contributed by atoms with Crippen molar-refractivity contribution < 1.29 is 18.9 Å². The second-order valence-electron chi connectivity index (χ2n) is 6.58. The smallest absolute Gasteiger partial charge is 0.291 e. The van der Waals surface area contributed by atoms with E-state index < -0.39 is 0 Å². The van der Waals surface area contributed by atoms with E-state index >= 15 is 0 Å². The number of benzene rings is 2. The van der Waals surface area contributed by atoms with Crippen LogP contribution in [-0.2, 0) is 0 Å². The molecule has 0 saturated heterocycles. The van der Waals surface area contributed by atoms with Gasteiger partial charge in [-0.05, 0) is 24.3 Å². The summed E-state index contributed by atoms with van der Waals surface area (Å²) in [5.41, 5.74) is 1.33. The molecule has 0 radical (unpaired) electrons. The van der Waals surface area contributed by atoms with Crippen molar-refractivity contribution in [3.05, 3.63) is 62.9 Å². The Bertz CT molecular complexity index is 1380. The van der Waals surface area contributed by atoms with E-state index in [1.54, 1.807) is 25.3 Å². The van der Waals surface area contributed by atoms with Crippen molar-refractivity contribution in [2.75, 3.05) is 28.4 Å². The van der Waals surface area contributed by atoms with Crippen molar-refractivity contribution in [2.45, 2.75) is 0 Å². The number of fused-ring (bicyclic) bond motifs is 1. The van der Waals surface area contributed by atoms with Crippen molar-refractivity contribution in [1.29, 1.82) is 0 Å². The van der Waals surface area contributed by atoms with Crippen LogP contribution in [0.5, 0.6) is 23.0 Å². The molecule has 2 aromatic heterocycles. The second kappa shape index (κ2) is 9.11. The van der Waals surface area contributed by atoms with Gasteiger partial charge >= 0.3 is 0 Å². The van der Waals surface area contributed by atoms with Crippen LogP contribution in [-0.4, -0.2) is 43.0 Å². The van der Waals surface area contributed by atoms with Gasteiger partial charge < -0.3 is 18.9 Å². The lowest BCUT2D eigenvalue weighted by Gasteiger charge is -2.12. The highest BCUT2D eigenvalue weighted by atomic mass is 32.1. The number of nitrogens with zero attached hydrogens (tertiary/aromatic N) is 3. The molecule has 0 saturated carbocycles. The van der Waals surface area contributed by atoms with Crippen LogP contribution in [0.15, 0.2) is 47.3 Å². The van der Waals surface area contributed by atoms with Gasteiger partial charge in [0.05, 0.1) is 33.0 Å². The van der Waals surface area contributed by atoms with Gasteiger partial charge in [-0.2, -0.15) is 9.50 Å². The first-order valence-electron chi connectivity index (χ1n) is 9.61. The number of ether oxygens (including phenoxy) is 4. The lowest BCUT2D eigenvalue weighted by Crippen LogP contribution is -2.23. The van der Waals surface area contributed by atoms with Crippen LogP contribution < -0.4 is 29.0 Å². The highest BCUT2D eigenvalue weighted by Crippen LogP contribution is 2.40. The van der Waals surface area contributed by atoms with E-state index in [-0.39, 0.29) is 5.56 Å². The molecule has 0 bridgehead atoms. The molecule has 4 aromatic rings. The third-order valence-electron chi connectivity index (χ3n) is 4.77. The van der Waals surface area contributed by atoms with Crippen LogP contribution in [0.1, 0.15) is 5.56 Å². The quantitative estimate of drug-likeness (QED) is 0.427. The Morgan fingerprint density at radius 3 is 2.25 bits per heavy atom.